The number of amides is 1. The van der Waals surface area contributed by atoms with Crippen LogP contribution in [0.25, 0.3) is 0 Å². The van der Waals surface area contributed by atoms with Crippen molar-refractivity contribution in [3.8, 4) is 0 Å². The third-order valence-corrected chi connectivity index (χ3v) is 3.78. The van der Waals surface area contributed by atoms with Crippen LogP contribution in [0.4, 0.5) is 4.79 Å². The maximum Gasteiger partial charge on any atom is 0.408 e. The zero-order chi connectivity index (χ0) is 15.6. The van der Waals surface area contributed by atoms with Crippen molar-refractivity contribution in [2.45, 2.75) is 58.6 Å². The van der Waals surface area contributed by atoms with Gasteiger partial charge in [-0.2, -0.15) is 0 Å². The third kappa shape index (κ3) is 4.10. The van der Waals surface area contributed by atoms with Crippen molar-refractivity contribution < 1.29 is 19.4 Å². The number of ether oxygens (including phenoxy) is 1. The van der Waals surface area contributed by atoms with Crippen molar-refractivity contribution in [1.82, 2.24) is 10.6 Å². The molecule has 0 aromatic carbocycles. The summed E-state index contributed by atoms with van der Waals surface area (Å²) >= 11 is 0. The molecule has 1 aliphatic heterocycles. The lowest BCUT2D eigenvalue weighted by atomic mass is 9.66. The molecule has 0 bridgehead atoms. The van der Waals surface area contributed by atoms with Crippen LogP contribution in [0.1, 0.15) is 47.5 Å². The Hall–Kier alpha value is -1.30. The van der Waals surface area contributed by atoms with E-state index < -0.39 is 23.2 Å². The summed E-state index contributed by atoms with van der Waals surface area (Å²) in [7, 11) is 0. The molecule has 1 saturated heterocycles. The Balaban J connectivity index is 2.94. The Kier molecular flexibility index (Phi) is 4.69. The van der Waals surface area contributed by atoms with Gasteiger partial charge in [0, 0.05) is 12.0 Å². The molecule has 0 spiro atoms. The van der Waals surface area contributed by atoms with Crippen LogP contribution in [0.15, 0.2) is 0 Å². The minimum absolute atomic E-state index is 0.110. The molecular formula is C14H26N2O4. The molecule has 1 amide bonds. The number of carbonyl (C=O) groups excluding carboxylic acids is 1. The molecule has 6 nitrogen and oxygen atoms in total. The van der Waals surface area contributed by atoms with Crippen molar-refractivity contribution >= 4 is 12.1 Å². The SMILES string of the molecule is CC(C)(C)OC(=O)NC1(CC(=O)O)CCNCC1(C)C. The van der Waals surface area contributed by atoms with Crippen molar-refractivity contribution in [1.29, 1.82) is 0 Å². The van der Waals surface area contributed by atoms with Gasteiger partial charge in [0.05, 0.1) is 12.0 Å². The second-order valence-electron chi connectivity index (χ2n) is 7.09. The van der Waals surface area contributed by atoms with Crippen LogP contribution >= 0.6 is 0 Å². The Morgan fingerprint density at radius 2 is 1.95 bits per heavy atom. The van der Waals surface area contributed by atoms with E-state index in [4.69, 9.17) is 4.74 Å². The largest absolute Gasteiger partial charge is 0.481 e. The topological polar surface area (TPSA) is 87.7 Å². The molecule has 3 N–H and O–H groups in total. The van der Waals surface area contributed by atoms with Gasteiger partial charge >= 0.3 is 12.1 Å². The number of hydrogen-bond donors (Lipinski definition) is 3. The van der Waals surface area contributed by atoms with Crippen LogP contribution < -0.4 is 10.6 Å². The summed E-state index contributed by atoms with van der Waals surface area (Å²) in [6.07, 6.45) is -0.111. The maximum atomic E-state index is 12.1. The van der Waals surface area contributed by atoms with Crippen LogP contribution in [0, 0.1) is 5.41 Å². The maximum absolute atomic E-state index is 12.1. The number of carboxylic acids is 1. The molecule has 20 heavy (non-hydrogen) atoms. The summed E-state index contributed by atoms with van der Waals surface area (Å²) < 4.78 is 5.28. The van der Waals surface area contributed by atoms with E-state index in [2.05, 4.69) is 10.6 Å². The molecule has 0 saturated carbocycles. The molecule has 1 unspecified atom stereocenters. The molecule has 1 fully saturated rings. The van der Waals surface area contributed by atoms with E-state index in [1.807, 2.05) is 13.8 Å². The fourth-order valence-electron chi connectivity index (χ4n) is 2.57. The molecule has 0 aromatic heterocycles. The van der Waals surface area contributed by atoms with Gasteiger partial charge in [0.15, 0.2) is 0 Å². The Bertz CT molecular complexity index is 387. The van der Waals surface area contributed by atoms with Crippen molar-refractivity contribution in [3.05, 3.63) is 0 Å². The van der Waals surface area contributed by atoms with Gasteiger partial charge in [0.2, 0.25) is 0 Å². The molecule has 1 heterocycles. The smallest absolute Gasteiger partial charge is 0.408 e. The van der Waals surface area contributed by atoms with E-state index in [-0.39, 0.29) is 11.8 Å². The summed E-state index contributed by atoms with van der Waals surface area (Å²) in [5, 5.41) is 15.3. The number of piperidine rings is 1. The average Bonchev–Trinajstić information content (AvgIpc) is 2.18. The summed E-state index contributed by atoms with van der Waals surface area (Å²) in [5.41, 5.74) is -1.78. The normalized spacial score (nSPS) is 25.9. The monoisotopic (exact) mass is 286 g/mol. The molecule has 116 valence electrons. The van der Waals surface area contributed by atoms with Crippen molar-refractivity contribution in [2.24, 2.45) is 5.41 Å². The first-order valence-corrected chi connectivity index (χ1v) is 6.91. The van der Waals surface area contributed by atoms with E-state index >= 15 is 0 Å². The van der Waals surface area contributed by atoms with E-state index in [9.17, 15) is 14.7 Å². The van der Waals surface area contributed by atoms with Gasteiger partial charge in [-0.15, -0.1) is 0 Å². The number of nitrogens with one attached hydrogen (secondary N) is 2. The summed E-state index contributed by atoms with van der Waals surface area (Å²) in [5.74, 6) is -0.920. The second-order valence-corrected chi connectivity index (χ2v) is 7.09. The molecule has 1 aliphatic rings. The Labute approximate surface area is 120 Å². The van der Waals surface area contributed by atoms with Gasteiger partial charge in [-0.3, -0.25) is 4.79 Å². The fraction of sp³-hybridized carbons (Fsp3) is 0.857. The molecule has 1 atom stereocenters. The molecule has 0 radical (unpaired) electrons. The van der Waals surface area contributed by atoms with Gasteiger partial charge in [-0.05, 0) is 33.7 Å². The number of carbonyl (C=O) groups is 2. The number of carboxylic acid groups (broad SMARTS) is 1. The number of alkyl carbamates (subject to hydrolysis) is 1. The highest BCUT2D eigenvalue weighted by Crippen LogP contribution is 2.38. The highest BCUT2D eigenvalue weighted by atomic mass is 16.6. The number of hydrogen-bond acceptors (Lipinski definition) is 4. The first kappa shape index (κ1) is 16.8. The fourth-order valence-corrected chi connectivity index (χ4v) is 2.57. The predicted molar refractivity (Wildman–Crippen MR) is 75.6 cm³/mol. The van der Waals surface area contributed by atoms with E-state index in [1.54, 1.807) is 20.8 Å². The van der Waals surface area contributed by atoms with Crippen LogP contribution in [-0.4, -0.2) is 41.4 Å². The van der Waals surface area contributed by atoms with Crippen molar-refractivity contribution in [3.63, 3.8) is 0 Å². The number of aliphatic carboxylic acids is 1. The van der Waals surface area contributed by atoms with E-state index in [1.165, 1.54) is 0 Å². The molecule has 0 aliphatic carbocycles. The standard InChI is InChI=1S/C14H26N2O4/c1-12(2,3)20-11(19)16-14(8-10(17)18)6-7-15-9-13(14,4)5/h15H,6-9H2,1-5H3,(H,16,19)(H,17,18). The second kappa shape index (κ2) is 5.60. The van der Waals surface area contributed by atoms with Gasteiger partial charge < -0.3 is 20.5 Å². The third-order valence-electron chi connectivity index (χ3n) is 3.78. The van der Waals surface area contributed by atoms with Crippen LogP contribution in [-0.2, 0) is 9.53 Å². The number of rotatable bonds is 3. The Morgan fingerprint density at radius 3 is 2.40 bits per heavy atom. The minimum Gasteiger partial charge on any atom is -0.481 e. The lowest BCUT2D eigenvalue weighted by molar-refractivity contribution is -0.140. The molecule has 1 rings (SSSR count). The zero-order valence-electron chi connectivity index (χ0n) is 13.0. The van der Waals surface area contributed by atoms with Gasteiger partial charge in [0.1, 0.15) is 5.60 Å². The van der Waals surface area contributed by atoms with E-state index in [0.717, 1.165) is 0 Å². The van der Waals surface area contributed by atoms with Crippen LogP contribution in [0.5, 0.6) is 0 Å². The molecule has 6 heteroatoms. The first-order valence-electron chi connectivity index (χ1n) is 6.91. The highest BCUT2D eigenvalue weighted by molar-refractivity contribution is 5.73. The van der Waals surface area contributed by atoms with Gasteiger partial charge in [0.25, 0.3) is 0 Å². The Morgan fingerprint density at radius 1 is 1.35 bits per heavy atom. The lowest BCUT2D eigenvalue weighted by Crippen LogP contribution is -2.66. The van der Waals surface area contributed by atoms with Crippen LogP contribution in [0.3, 0.4) is 0 Å². The summed E-state index contributed by atoms with van der Waals surface area (Å²) in [4.78, 5) is 23.3. The lowest BCUT2D eigenvalue weighted by Gasteiger charge is -2.50. The summed E-state index contributed by atoms with van der Waals surface area (Å²) in [6, 6.07) is 0. The molecular weight excluding hydrogens is 260 g/mol. The predicted octanol–water partition coefficient (Wildman–Crippen LogP) is 1.74. The van der Waals surface area contributed by atoms with E-state index in [0.29, 0.717) is 19.5 Å². The molecule has 0 aromatic rings. The highest BCUT2D eigenvalue weighted by Gasteiger charge is 2.49. The quantitative estimate of drug-likeness (QED) is 0.735. The van der Waals surface area contributed by atoms with Gasteiger partial charge in [-0.25, -0.2) is 4.79 Å². The first-order chi connectivity index (χ1) is 8.97. The van der Waals surface area contributed by atoms with Gasteiger partial charge in [-0.1, -0.05) is 13.8 Å². The minimum atomic E-state index is -0.920. The average molecular weight is 286 g/mol. The van der Waals surface area contributed by atoms with Crippen molar-refractivity contribution in [2.75, 3.05) is 13.1 Å². The summed E-state index contributed by atoms with van der Waals surface area (Å²) in [6.45, 7) is 10.6. The zero-order valence-corrected chi connectivity index (χ0v) is 13.0. The van der Waals surface area contributed by atoms with Crippen LogP contribution in [0.2, 0.25) is 0 Å².